The third-order valence-corrected chi connectivity index (χ3v) is 11.9. The van der Waals surface area contributed by atoms with E-state index in [0.29, 0.717) is 0 Å². The lowest BCUT2D eigenvalue weighted by Gasteiger charge is -2.20. The average molecular weight is 789 g/mol. The highest BCUT2D eigenvalue weighted by molar-refractivity contribution is 6.22. The quantitative estimate of drug-likeness (QED) is 0.143. The molecule has 2 aromatic heterocycles. The van der Waals surface area contributed by atoms with Gasteiger partial charge in [0.1, 0.15) is 0 Å². The second-order valence-corrected chi connectivity index (χ2v) is 15.7. The maximum atomic E-state index is 5.35. The molecular weight excluding hydrogens is 749 g/mol. The Morgan fingerprint density at radius 2 is 0.516 bits per heavy atom. The Morgan fingerprint density at radius 1 is 0.210 bits per heavy atom. The van der Waals surface area contributed by atoms with Crippen LogP contribution in [0.5, 0.6) is 0 Å². The lowest BCUT2D eigenvalue weighted by molar-refractivity contribution is 1.32. The normalized spacial score (nSPS) is 11.2. The number of aromatic nitrogens is 2. The fourth-order valence-electron chi connectivity index (χ4n) is 8.95. The van der Waals surface area contributed by atoms with E-state index in [1.165, 1.54) is 43.8 Å². The highest BCUT2D eigenvalue weighted by Gasteiger charge is 2.21. The first-order valence-corrected chi connectivity index (χ1v) is 21.2. The summed E-state index contributed by atoms with van der Waals surface area (Å²) in [7, 11) is 0. The van der Waals surface area contributed by atoms with Crippen LogP contribution in [0.3, 0.4) is 0 Å². The van der Waals surface area contributed by atoms with Crippen LogP contribution in [0.15, 0.2) is 243 Å². The number of hydrogen-bond donors (Lipinski definition) is 0. The lowest BCUT2D eigenvalue weighted by atomic mass is 9.83. The van der Waals surface area contributed by atoms with Crippen molar-refractivity contribution in [1.82, 2.24) is 9.97 Å². The van der Waals surface area contributed by atoms with E-state index in [4.69, 9.17) is 9.97 Å². The minimum Gasteiger partial charge on any atom is -0.247 e. The van der Waals surface area contributed by atoms with Gasteiger partial charge >= 0.3 is 0 Å². The standard InChI is InChI=1S/C60H40N2/c1-7-19-41(20-8-1)55-37-35-49(59(61-55)45-27-15-5-16-28-45)47-31-33-51-53(39-47)57(43-23-11-3-12-24-43)52-34-32-48(40-54(52)58(51)44-25-13-4-14-26-44)50-36-38-56(42-21-9-2-10-22-42)62-60(50)46-29-17-6-18-30-46/h1-40H. The fraction of sp³-hybridized carbons (Fsp3) is 0. The fourth-order valence-corrected chi connectivity index (χ4v) is 8.95. The van der Waals surface area contributed by atoms with E-state index < -0.39 is 0 Å². The Balaban J connectivity index is 1.18. The van der Waals surface area contributed by atoms with Crippen molar-refractivity contribution in [1.29, 1.82) is 0 Å². The second-order valence-electron chi connectivity index (χ2n) is 15.7. The van der Waals surface area contributed by atoms with Gasteiger partial charge in [0.05, 0.1) is 22.8 Å². The molecule has 0 bridgehead atoms. The van der Waals surface area contributed by atoms with E-state index in [0.717, 1.165) is 67.3 Å². The van der Waals surface area contributed by atoms with Gasteiger partial charge in [-0.2, -0.15) is 0 Å². The molecule has 0 aliphatic heterocycles. The molecule has 11 rings (SSSR count). The monoisotopic (exact) mass is 788 g/mol. The van der Waals surface area contributed by atoms with Gasteiger partial charge in [-0.1, -0.05) is 218 Å². The number of fused-ring (bicyclic) bond motifs is 2. The van der Waals surface area contributed by atoms with Crippen molar-refractivity contribution < 1.29 is 0 Å². The molecular formula is C60H40N2. The molecule has 0 aliphatic rings. The molecule has 2 heterocycles. The molecule has 0 radical (unpaired) electrons. The number of benzene rings is 9. The van der Waals surface area contributed by atoms with Gasteiger partial charge < -0.3 is 0 Å². The largest absolute Gasteiger partial charge is 0.247 e. The van der Waals surface area contributed by atoms with Crippen LogP contribution in [0, 0.1) is 0 Å². The predicted octanol–water partition coefficient (Wildman–Crippen LogP) is 16.1. The average Bonchev–Trinajstić information content (AvgIpc) is 3.36. The van der Waals surface area contributed by atoms with Crippen LogP contribution in [-0.2, 0) is 0 Å². The Hall–Kier alpha value is -8.20. The summed E-state index contributed by atoms with van der Waals surface area (Å²) >= 11 is 0. The highest BCUT2D eigenvalue weighted by Crippen LogP contribution is 2.47. The van der Waals surface area contributed by atoms with E-state index in [9.17, 15) is 0 Å². The van der Waals surface area contributed by atoms with Gasteiger partial charge in [-0.15, -0.1) is 0 Å². The van der Waals surface area contributed by atoms with E-state index in [-0.39, 0.29) is 0 Å². The number of rotatable bonds is 8. The van der Waals surface area contributed by atoms with Crippen LogP contribution in [-0.4, -0.2) is 9.97 Å². The maximum absolute atomic E-state index is 5.35. The van der Waals surface area contributed by atoms with Crippen molar-refractivity contribution in [3.8, 4) is 89.5 Å². The third-order valence-electron chi connectivity index (χ3n) is 11.9. The van der Waals surface area contributed by atoms with E-state index in [2.05, 4.69) is 231 Å². The third kappa shape index (κ3) is 6.84. The minimum atomic E-state index is 0.951. The first-order chi connectivity index (χ1) is 30.8. The first kappa shape index (κ1) is 36.8. The summed E-state index contributed by atoms with van der Waals surface area (Å²) in [4.78, 5) is 10.7. The summed E-state index contributed by atoms with van der Waals surface area (Å²) in [5, 5.41) is 4.77. The van der Waals surface area contributed by atoms with Gasteiger partial charge in [0.25, 0.3) is 0 Å². The van der Waals surface area contributed by atoms with Crippen molar-refractivity contribution in [2.24, 2.45) is 0 Å². The molecule has 62 heavy (non-hydrogen) atoms. The summed E-state index contributed by atoms with van der Waals surface area (Å²) in [6, 6.07) is 86.5. The van der Waals surface area contributed by atoms with Gasteiger partial charge in [0.15, 0.2) is 0 Å². The van der Waals surface area contributed by atoms with Crippen LogP contribution >= 0.6 is 0 Å². The summed E-state index contributed by atoms with van der Waals surface area (Å²) < 4.78 is 0. The molecule has 0 spiro atoms. The predicted molar refractivity (Wildman–Crippen MR) is 261 cm³/mol. The summed E-state index contributed by atoms with van der Waals surface area (Å²) in [5.74, 6) is 0. The van der Waals surface area contributed by atoms with Crippen LogP contribution in [0.1, 0.15) is 0 Å². The van der Waals surface area contributed by atoms with Crippen molar-refractivity contribution in [2.45, 2.75) is 0 Å². The molecule has 0 N–H and O–H groups in total. The maximum Gasteiger partial charge on any atom is 0.0787 e. The van der Waals surface area contributed by atoms with Crippen molar-refractivity contribution in [3.05, 3.63) is 243 Å². The SMILES string of the molecule is c1ccc(-c2ccc(-c3ccc4c(-c5ccccc5)c5cc(-c6ccc(-c7ccccc7)nc6-c6ccccc6)ccc5c(-c5ccccc5)c4c3)c(-c3ccccc3)n2)cc1. The molecule has 0 aliphatic carbocycles. The molecule has 0 saturated heterocycles. The molecule has 9 aromatic carbocycles. The van der Waals surface area contributed by atoms with Crippen LogP contribution in [0.2, 0.25) is 0 Å². The summed E-state index contributed by atoms with van der Waals surface area (Å²) in [6.07, 6.45) is 0. The van der Waals surface area contributed by atoms with Gasteiger partial charge in [-0.3, -0.25) is 0 Å². The molecule has 0 saturated carbocycles. The molecule has 0 amide bonds. The second kappa shape index (κ2) is 16.1. The van der Waals surface area contributed by atoms with Gasteiger partial charge in [0.2, 0.25) is 0 Å². The number of pyridine rings is 2. The Morgan fingerprint density at radius 3 is 0.855 bits per heavy atom. The van der Waals surface area contributed by atoms with Gasteiger partial charge in [-0.25, -0.2) is 9.97 Å². The van der Waals surface area contributed by atoms with E-state index in [1.807, 2.05) is 12.1 Å². The molecule has 2 heteroatoms. The number of hydrogen-bond acceptors (Lipinski definition) is 2. The molecule has 290 valence electrons. The Labute approximate surface area is 362 Å². The van der Waals surface area contributed by atoms with Crippen LogP contribution in [0.25, 0.3) is 111 Å². The molecule has 0 atom stereocenters. The Bertz CT molecular complexity index is 3120. The summed E-state index contributed by atoms with van der Waals surface area (Å²) in [5.41, 5.74) is 17.4. The highest BCUT2D eigenvalue weighted by atomic mass is 14.7. The van der Waals surface area contributed by atoms with E-state index >= 15 is 0 Å². The molecule has 0 unspecified atom stereocenters. The molecule has 0 fully saturated rings. The summed E-state index contributed by atoms with van der Waals surface area (Å²) in [6.45, 7) is 0. The van der Waals surface area contributed by atoms with Crippen LogP contribution < -0.4 is 0 Å². The Kier molecular flexibility index (Phi) is 9.57. The smallest absolute Gasteiger partial charge is 0.0787 e. The zero-order valence-electron chi connectivity index (χ0n) is 34.0. The van der Waals surface area contributed by atoms with Crippen LogP contribution in [0.4, 0.5) is 0 Å². The topological polar surface area (TPSA) is 25.8 Å². The van der Waals surface area contributed by atoms with Crippen molar-refractivity contribution in [2.75, 3.05) is 0 Å². The van der Waals surface area contributed by atoms with E-state index in [1.54, 1.807) is 0 Å². The lowest BCUT2D eigenvalue weighted by Crippen LogP contribution is -1.96. The zero-order chi connectivity index (χ0) is 41.2. The van der Waals surface area contributed by atoms with Crippen molar-refractivity contribution >= 4 is 21.5 Å². The molecule has 11 aromatic rings. The van der Waals surface area contributed by atoms with Crippen molar-refractivity contribution in [3.63, 3.8) is 0 Å². The zero-order valence-corrected chi connectivity index (χ0v) is 34.0. The number of nitrogens with zero attached hydrogens (tertiary/aromatic N) is 2. The minimum absolute atomic E-state index is 0.951. The molecule has 2 nitrogen and oxygen atoms in total. The van der Waals surface area contributed by atoms with Gasteiger partial charge in [0, 0.05) is 33.4 Å². The van der Waals surface area contributed by atoms with Gasteiger partial charge in [-0.05, 0) is 79.2 Å². The first-order valence-electron chi connectivity index (χ1n) is 21.2.